The molecule has 1 N–H and O–H groups in total. The van der Waals surface area contributed by atoms with Gasteiger partial charge in [-0.15, -0.1) is 0 Å². The fourth-order valence-corrected chi connectivity index (χ4v) is 3.14. The Morgan fingerprint density at radius 2 is 1.88 bits per heavy atom. The molecule has 4 nitrogen and oxygen atoms in total. The Bertz CT molecular complexity index is 870. The number of nitrogens with zero attached hydrogens (tertiary/aromatic N) is 2. The minimum absolute atomic E-state index is 0.121. The van der Waals surface area contributed by atoms with E-state index < -0.39 is 23.8 Å². The Hall–Kier alpha value is -2.85. The molecule has 0 radical (unpaired) electrons. The highest BCUT2D eigenvalue weighted by atomic mass is 19.4. The van der Waals surface area contributed by atoms with Crippen LogP contribution >= 0.6 is 0 Å². The lowest BCUT2D eigenvalue weighted by atomic mass is 9.92. The molecule has 1 aliphatic heterocycles. The van der Waals surface area contributed by atoms with E-state index in [0.717, 1.165) is 17.7 Å². The average Bonchev–Trinajstić information content (AvgIpc) is 2.60. The Kier molecular flexibility index (Phi) is 4.70. The standard InChI is InChI=1S/C19H15F3N2O2/c20-19(21,22)16-6-5-14-8-17(18(25)26)24(11-15(14)7-16)10-13-3-1-12(9-23)2-4-13/h1-7,17H,8,10-11H2,(H,25,26)/t17-/m1/s1. The summed E-state index contributed by atoms with van der Waals surface area (Å²) in [5.41, 5.74) is 1.67. The minimum Gasteiger partial charge on any atom is -0.480 e. The quantitative estimate of drug-likeness (QED) is 0.909. The normalized spacial score (nSPS) is 17.4. The van der Waals surface area contributed by atoms with Crippen LogP contribution in [0.15, 0.2) is 42.5 Å². The van der Waals surface area contributed by atoms with Crippen LogP contribution in [0.5, 0.6) is 0 Å². The number of carboxylic acids is 1. The van der Waals surface area contributed by atoms with E-state index >= 15 is 0 Å². The average molecular weight is 360 g/mol. The van der Waals surface area contributed by atoms with Gasteiger partial charge in [0, 0.05) is 13.1 Å². The fraction of sp³-hybridized carbons (Fsp3) is 0.263. The molecule has 1 aliphatic rings. The Morgan fingerprint density at radius 1 is 1.19 bits per heavy atom. The number of halogens is 3. The van der Waals surface area contributed by atoms with Gasteiger partial charge in [0.05, 0.1) is 17.2 Å². The molecule has 0 bridgehead atoms. The summed E-state index contributed by atoms with van der Waals surface area (Å²) in [5, 5.41) is 18.3. The van der Waals surface area contributed by atoms with E-state index in [2.05, 4.69) is 0 Å². The first kappa shape index (κ1) is 18.0. The molecule has 0 spiro atoms. The van der Waals surface area contributed by atoms with Gasteiger partial charge in [0.1, 0.15) is 6.04 Å². The number of hydrogen-bond donors (Lipinski definition) is 1. The van der Waals surface area contributed by atoms with Crippen LogP contribution in [0.4, 0.5) is 13.2 Å². The number of nitriles is 1. The maximum absolute atomic E-state index is 12.9. The zero-order valence-corrected chi connectivity index (χ0v) is 13.6. The molecule has 0 aliphatic carbocycles. The number of aliphatic carboxylic acids is 1. The van der Waals surface area contributed by atoms with Crippen LogP contribution < -0.4 is 0 Å². The molecule has 1 atom stereocenters. The maximum Gasteiger partial charge on any atom is 0.416 e. The molecule has 134 valence electrons. The lowest BCUT2D eigenvalue weighted by molar-refractivity contribution is -0.144. The van der Waals surface area contributed by atoms with Gasteiger partial charge >= 0.3 is 12.1 Å². The first-order chi connectivity index (χ1) is 12.3. The van der Waals surface area contributed by atoms with Gasteiger partial charge in [-0.05, 0) is 47.4 Å². The Morgan fingerprint density at radius 3 is 2.46 bits per heavy atom. The molecule has 2 aromatic carbocycles. The van der Waals surface area contributed by atoms with E-state index in [1.165, 1.54) is 6.07 Å². The summed E-state index contributed by atoms with van der Waals surface area (Å²) in [6, 6.07) is 11.4. The third-order valence-electron chi connectivity index (χ3n) is 4.51. The summed E-state index contributed by atoms with van der Waals surface area (Å²) in [6.07, 6.45) is -4.28. The highest BCUT2D eigenvalue weighted by Crippen LogP contribution is 2.33. The first-order valence-corrected chi connectivity index (χ1v) is 7.93. The first-order valence-electron chi connectivity index (χ1n) is 7.93. The molecule has 1 heterocycles. The summed E-state index contributed by atoms with van der Waals surface area (Å²) >= 11 is 0. The van der Waals surface area contributed by atoms with Crippen molar-refractivity contribution < 1.29 is 23.1 Å². The molecule has 0 unspecified atom stereocenters. The van der Waals surface area contributed by atoms with Crippen LogP contribution in [0.3, 0.4) is 0 Å². The van der Waals surface area contributed by atoms with E-state index in [1.54, 1.807) is 29.2 Å². The monoisotopic (exact) mass is 360 g/mol. The van der Waals surface area contributed by atoms with Crippen molar-refractivity contribution in [2.24, 2.45) is 0 Å². The number of rotatable bonds is 3. The highest BCUT2D eigenvalue weighted by molar-refractivity contribution is 5.74. The predicted molar refractivity (Wildman–Crippen MR) is 87.0 cm³/mol. The molecule has 0 fully saturated rings. The van der Waals surface area contributed by atoms with Crippen molar-refractivity contribution in [3.8, 4) is 6.07 Å². The van der Waals surface area contributed by atoms with Crippen LogP contribution in [-0.4, -0.2) is 22.0 Å². The van der Waals surface area contributed by atoms with Crippen molar-refractivity contribution in [2.75, 3.05) is 0 Å². The minimum atomic E-state index is -4.43. The third-order valence-corrected chi connectivity index (χ3v) is 4.51. The predicted octanol–water partition coefficient (Wildman–Crippen LogP) is 3.59. The van der Waals surface area contributed by atoms with Crippen LogP contribution in [0.1, 0.15) is 27.8 Å². The van der Waals surface area contributed by atoms with Gasteiger partial charge in [-0.3, -0.25) is 9.69 Å². The van der Waals surface area contributed by atoms with Crippen LogP contribution in [0.25, 0.3) is 0 Å². The summed E-state index contributed by atoms with van der Waals surface area (Å²) in [4.78, 5) is 13.3. The van der Waals surface area contributed by atoms with Crippen LogP contribution in [-0.2, 0) is 30.5 Å². The molecule has 26 heavy (non-hydrogen) atoms. The second kappa shape index (κ2) is 6.81. The lowest BCUT2D eigenvalue weighted by Gasteiger charge is -2.34. The largest absolute Gasteiger partial charge is 0.480 e. The molecule has 0 saturated carbocycles. The van der Waals surface area contributed by atoms with Crippen LogP contribution in [0.2, 0.25) is 0 Å². The molecule has 0 saturated heterocycles. The molecule has 2 aromatic rings. The maximum atomic E-state index is 12.9. The van der Waals surface area contributed by atoms with Gasteiger partial charge in [0.25, 0.3) is 0 Å². The third kappa shape index (κ3) is 3.70. The Balaban J connectivity index is 1.89. The van der Waals surface area contributed by atoms with Crippen molar-refractivity contribution in [3.05, 3.63) is 70.3 Å². The van der Waals surface area contributed by atoms with Gasteiger partial charge in [0.2, 0.25) is 0 Å². The number of hydrogen-bond acceptors (Lipinski definition) is 3. The smallest absolute Gasteiger partial charge is 0.416 e. The van der Waals surface area contributed by atoms with Crippen LogP contribution in [0, 0.1) is 11.3 Å². The van der Waals surface area contributed by atoms with Gasteiger partial charge in [-0.1, -0.05) is 18.2 Å². The molecular weight excluding hydrogens is 345 g/mol. The molecule has 0 amide bonds. The van der Waals surface area contributed by atoms with Crippen molar-refractivity contribution >= 4 is 5.97 Å². The summed E-state index contributed by atoms with van der Waals surface area (Å²) in [5.74, 6) is -1.01. The van der Waals surface area contributed by atoms with Gasteiger partial charge < -0.3 is 5.11 Å². The van der Waals surface area contributed by atoms with E-state index in [0.29, 0.717) is 16.7 Å². The van der Waals surface area contributed by atoms with Crippen molar-refractivity contribution in [2.45, 2.75) is 31.7 Å². The second-order valence-electron chi connectivity index (χ2n) is 6.25. The number of fused-ring (bicyclic) bond motifs is 1. The van der Waals surface area contributed by atoms with Gasteiger partial charge in [-0.25, -0.2) is 0 Å². The Labute approximate surface area is 148 Å². The lowest BCUT2D eigenvalue weighted by Crippen LogP contribution is -2.45. The molecular formula is C19H15F3N2O2. The van der Waals surface area contributed by atoms with Crippen molar-refractivity contribution in [3.63, 3.8) is 0 Å². The van der Waals surface area contributed by atoms with E-state index in [-0.39, 0.29) is 19.5 Å². The highest BCUT2D eigenvalue weighted by Gasteiger charge is 2.35. The van der Waals surface area contributed by atoms with Gasteiger partial charge in [-0.2, -0.15) is 18.4 Å². The molecule has 0 aromatic heterocycles. The molecule has 3 rings (SSSR count). The number of carboxylic acid groups (broad SMARTS) is 1. The summed E-state index contributed by atoms with van der Waals surface area (Å²) in [7, 11) is 0. The summed E-state index contributed by atoms with van der Waals surface area (Å²) < 4.78 is 38.8. The number of benzene rings is 2. The summed E-state index contributed by atoms with van der Waals surface area (Å²) in [6.45, 7) is 0.397. The SMILES string of the molecule is N#Cc1ccc(CN2Cc3cc(C(F)(F)F)ccc3C[C@@H]2C(=O)O)cc1. The van der Waals surface area contributed by atoms with Crippen molar-refractivity contribution in [1.29, 1.82) is 5.26 Å². The number of carbonyl (C=O) groups is 1. The van der Waals surface area contributed by atoms with E-state index in [4.69, 9.17) is 5.26 Å². The topological polar surface area (TPSA) is 64.3 Å². The second-order valence-corrected chi connectivity index (χ2v) is 6.25. The zero-order chi connectivity index (χ0) is 18.9. The van der Waals surface area contributed by atoms with E-state index in [1.807, 2.05) is 6.07 Å². The van der Waals surface area contributed by atoms with Crippen molar-refractivity contribution in [1.82, 2.24) is 4.90 Å². The van der Waals surface area contributed by atoms with Gasteiger partial charge in [0.15, 0.2) is 0 Å². The zero-order valence-electron chi connectivity index (χ0n) is 13.6. The fourth-order valence-electron chi connectivity index (χ4n) is 3.14. The molecule has 7 heteroatoms. The van der Waals surface area contributed by atoms with E-state index in [9.17, 15) is 23.1 Å². The number of alkyl halides is 3.